The molecule has 0 N–H and O–H groups in total. The molecule has 1 heterocycles. The molecule has 1 aliphatic heterocycles. The van der Waals surface area contributed by atoms with Crippen LogP contribution in [0.25, 0.3) is 0 Å². The van der Waals surface area contributed by atoms with Crippen molar-refractivity contribution in [3.05, 3.63) is 74.1 Å². The smallest absolute Gasteiger partial charge is 0.320 e. The van der Waals surface area contributed by atoms with Gasteiger partial charge in [-0.15, -0.1) is 0 Å². The molecule has 2 aromatic rings. The molecule has 1 aliphatic carbocycles. The summed E-state index contributed by atoms with van der Waals surface area (Å²) in [6.45, 7) is 1.50. The van der Waals surface area contributed by atoms with Crippen molar-refractivity contribution in [1.82, 2.24) is 9.80 Å². The Kier molecular flexibility index (Phi) is 7.47. The van der Waals surface area contributed by atoms with Crippen LogP contribution in [0.1, 0.15) is 41.6 Å². The summed E-state index contributed by atoms with van der Waals surface area (Å²) in [7, 11) is 1.75. The molecule has 5 nitrogen and oxygen atoms in total. The van der Waals surface area contributed by atoms with E-state index in [4.69, 9.17) is 23.2 Å². The Morgan fingerprint density at radius 2 is 1.76 bits per heavy atom. The molecule has 0 spiro atoms. The largest absolute Gasteiger partial charge is 0.328 e. The number of carbonyl (C=O) groups is 3. The monoisotopic (exact) mass is 502 g/mol. The topological polar surface area (TPSA) is 57.7 Å². The van der Waals surface area contributed by atoms with Crippen LogP contribution in [0.4, 0.5) is 4.79 Å². The van der Waals surface area contributed by atoms with Crippen molar-refractivity contribution in [2.75, 3.05) is 20.1 Å². The predicted molar refractivity (Wildman–Crippen MR) is 132 cm³/mol. The van der Waals surface area contributed by atoms with Gasteiger partial charge in [-0.2, -0.15) is 0 Å². The van der Waals surface area contributed by atoms with Crippen LogP contribution in [-0.2, 0) is 11.3 Å². The number of benzene rings is 2. The van der Waals surface area contributed by atoms with E-state index < -0.39 is 0 Å². The quantitative estimate of drug-likeness (QED) is 0.346. The molecule has 2 amide bonds. The lowest BCUT2D eigenvalue weighted by Crippen LogP contribution is -2.46. The highest BCUT2D eigenvalue weighted by Crippen LogP contribution is 2.39. The molecule has 172 valence electrons. The van der Waals surface area contributed by atoms with E-state index in [-0.39, 0.29) is 40.3 Å². The average Bonchev–Trinajstić information content (AvgIpc) is 2.80. The minimum atomic E-state index is -0.386. The summed E-state index contributed by atoms with van der Waals surface area (Å²) in [4.78, 5) is 44.0. The molecule has 1 saturated heterocycles. The van der Waals surface area contributed by atoms with Crippen LogP contribution in [0, 0.1) is 0 Å². The zero-order valence-electron chi connectivity index (χ0n) is 18.3. The van der Waals surface area contributed by atoms with Crippen LogP contribution in [0.2, 0.25) is 10.0 Å². The number of amides is 2. The fourth-order valence-corrected chi connectivity index (χ4v) is 5.83. The molecule has 33 heavy (non-hydrogen) atoms. The molecule has 2 aromatic carbocycles. The minimum absolute atomic E-state index is 0.100. The highest BCUT2D eigenvalue weighted by molar-refractivity contribution is 8.03. The Hall–Kier alpha value is -2.28. The Bertz CT molecular complexity index is 1130. The molecule has 4 rings (SSSR count). The fourth-order valence-electron chi connectivity index (χ4n) is 4.12. The first-order chi connectivity index (χ1) is 15.9. The molecular formula is C25H24Cl2N2O3S. The number of halogens is 2. The summed E-state index contributed by atoms with van der Waals surface area (Å²) < 4.78 is 0. The molecule has 0 bridgehead atoms. The number of urea groups is 1. The van der Waals surface area contributed by atoms with Gasteiger partial charge in [0.05, 0.1) is 17.1 Å². The van der Waals surface area contributed by atoms with Crippen molar-refractivity contribution in [3.63, 3.8) is 0 Å². The Morgan fingerprint density at radius 1 is 1.00 bits per heavy atom. The van der Waals surface area contributed by atoms with Crippen molar-refractivity contribution in [2.24, 2.45) is 0 Å². The van der Waals surface area contributed by atoms with Gasteiger partial charge in [0, 0.05) is 52.5 Å². The van der Waals surface area contributed by atoms with E-state index in [1.807, 2.05) is 30.3 Å². The van der Waals surface area contributed by atoms with Gasteiger partial charge in [0.2, 0.25) is 0 Å². The lowest BCUT2D eigenvalue weighted by Gasteiger charge is -2.33. The third kappa shape index (κ3) is 5.13. The molecule has 8 heteroatoms. The van der Waals surface area contributed by atoms with Crippen LogP contribution in [0.3, 0.4) is 0 Å². The van der Waals surface area contributed by atoms with E-state index in [0.717, 1.165) is 22.6 Å². The fraction of sp³-hybridized carbons (Fsp3) is 0.320. The summed E-state index contributed by atoms with van der Waals surface area (Å²) in [5, 5.41) is 0.587. The first kappa shape index (κ1) is 23.9. The number of allylic oxidation sites excluding steroid dienone is 2. The lowest BCUT2D eigenvalue weighted by molar-refractivity contribution is -0.115. The SMILES string of the molecule is CN1CCCN(Cc2c(Cl)ccc(C(=O)C3=C(Sc4ccccc4)CCCC3=O)c2Cl)C1=O. The number of hydrogen-bond donors (Lipinski definition) is 0. The molecule has 1 fully saturated rings. The minimum Gasteiger partial charge on any atom is -0.328 e. The van der Waals surface area contributed by atoms with Gasteiger partial charge in [-0.25, -0.2) is 4.79 Å². The van der Waals surface area contributed by atoms with Gasteiger partial charge in [0.25, 0.3) is 0 Å². The maximum atomic E-state index is 13.6. The van der Waals surface area contributed by atoms with Gasteiger partial charge in [-0.1, -0.05) is 53.2 Å². The highest BCUT2D eigenvalue weighted by atomic mass is 35.5. The summed E-state index contributed by atoms with van der Waals surface area (Å²) in [6.07, 6.45) is 2.57. The molecule has 0 radical (unpaired) electrons. The van der Waals surface area contributed by atoms with Crippen LogP contribution in [0.5, 0.6) is 0 Å². The third-order valence-electron chi connectivity index (χ3n) is 5.87. The third-order valence-corrected chi connectivity index (χ3v) is 7.82. The Morgan fingerprint density at radius 3 is 2.52 bits per heavy atom. The number of ketones is 2. The number of rotatable bonds is 6. The zero-order chi connectivity index (χ0) is 23.5. The molecule has 0 aromatic heterocycles. The van der Waals surface area contributed by atoms with Crippen molar-refractivity contribution < 1.29 is 14.4 Å². The van der Waals surface area contributed by atoms with Gasteiger partial charge in [0.15, 0.2) is 11.6 Å². The molecule has 0 unspecified atom stereocenters. The van der Waals surface area contributed by atoms with Gasteiger partial charge in [-0.3, -0.25) is 9.59 Å². The van der Waals surface area contributed by atoms with E-state index in [0.29, 0.717) is 36.5 Å². The lowest BCUT2D eigenvalue weighted by atomic mass is 9.91. The van der Waals surface area contributed by atoms with Gasteiger partial charge in [-0.05, 0) is 43.5 Å². The van der Waals surface area contributed by atoms with Crippen LogP contribution < -0.4 is 0 Å². The number of thioether (sulfide) groups is 1. The second-order valence-corrected chi connectivity index (χ2v) is 10.1. The summed E-state index contributed by atoms with van der Waals surface area (Å²) in [5.41, 5.74) is 0.971. The first-order valence-corrected chi connectivity index (χ1v) is 12.4. The van der Waals surface area contributed by atoms with E-state index >= 15 is 0 Å². The second-order valence-electron chi connectivity index (χ2n) is 8.19. The van der Waals surface area contributed by atoms with Gasteiger partial charge < -0.3 is 9.80 Å². The Labute approximate surface area is 207 Å². The Balaban J connectivity index is 1.69. The summed E-state index contributed by atoms with van der Waals surface area (Å²) in [5.74, 6) is -0.548. The second kappa shape index (κ2) is 10.3. The molecule has 0 atom stereocenters. The zero-order valence-corrected chi connectivity index (χ0v) is 20.6. The predicted octanol–water partition coefficient (Wildman–Crippen LogP) is 6.23. The van der Waals surface area contributed by atoms with E-state index in [2.05, 4.69) is 0 Å². The molecule has 2 aliphatic rings. The number of nitrogens with zero attached hydrogens (tertiary/aromatic N) is 2. The van der Waals surface area contributed by atoms with Crippen molar-refractivity contribution >= 4 is 52.6 Å². The summed E-state index contributed by atoms with van der Waals surface area (Å²) in [6, 6.07) is 12.8. The number of Topliss-reactive ketones (excluding diaryl/α,β-unsaturated/α-hetero) is 2. The maximum Gasteiger partial charge on any atom is 0.320 e. The number of carbonyl (C=O) groups excluding carboxylic acids is 3. The van der Waals surface area contributed by atoms with Gasteiger partial charge >= 0.3 is 6.03 Å². The maximum absolute atomic E-state index is 13.6. The van der Waals surface area contributed by atoms with E-state index in [9.17, 15) is 14.4 Å². The highest BCUT2D eigenvalue weighted by Gasteiger charge is 2.31. The van der Waals surface area contributed by atoms with Crippen LogP contribution >= 0.6 is 35.0 Å². The molecular weight excluding hydrogens is 479 g/mol. The van der Waals surface area contributed by atoms with Crippen LogP contribution in [-0.4, -0.2) is 47.5 Å². The van der Waals surface area contributed by atoms with Gasteiger partial charge in [0.1, 0.15) is 0 Å². The average molecular weight is 503 g/mol. The van der Waals surface area contributed by atoms with E-state index in [1.165, 1.54) is 11.8 Å². The van der Waals surface area contributed by atoms with Crippen LogP contribution in [0.15, 0.2) is 57.8 Å². The normalized spacial score (nSPS) is 17.1. The van der Waals surface area contributed by atoms with Crippen molar-refractivity contribution in [3.8, 4) is 0 Å². The molecule has 0 saturated carbocycles. The van der Waals surface area contributed by atoms with Crippen molar-refractivity contribution in [2.45, 2.75) is 37.1 Å². The van der Waals surface area contributed by atoms with Crippen molar-refractivity contribution in [1.29, 1.82) is 0 Å². The number of hydrogen-bond acceptors (Lipinski definition) is 4. The standard InChI is InChI=1S/C25H24Cl2N2O3S/c1-28-13-6-14-29(25(28)32)15-18-19(26)12-11-17(23(18)27)24(31)22-20(30)9-5-10-21(22)33-16-7-3-2-4-8-16/h2-4,7-8,11-12H,5-6,9-10,13-15H2,1H3. The summed E-state index contributed by atoms with van der Waals surface area (Å²) >= 11 is 14.6. The van der Waals surface area contributed by atoms with E-state index in [1.54, 1.807) is 29.0 Å². The first-order valence-electron chi connectivity index (χ1n) is 10.9.